The zero-order valence-corrected chi connectivity index (χ0v) is 15.9. The largest absolute Gasteiger partial charge is 0.486 e. The third-order valence-electron chi connectivity index (χ3n) is 4.63. The van der Waals surface area contributed by atoms with E-state index in [0.717, 1.165) is 17.7 Å². The fraction of sp³-hybridized carbons (Fsp3) is 0.421. The molecule has 2 aliphatic heterocycles. The van der Waals surface area contributed by atoms with Gasteiger partial charge in [-0.25, -0.2) is 4.98 Å². The molecule has 2 aliphatic rings. The van der Waals surface area contributed by atoms with Crippen LogP contribution in [-0.2, 0) is 16.0 Å². The second kappa shape index (κ2) is 7.56. The van der Waals surface area contributed by atoms with Crippen LogP contribution in [0.5, 0.6) is 11.5 Å². The second-order valence-corrected chi connectivity index (χ2v) is 7.48. The van der Waals surface area contributed by atoms with E-state index in [-0.39, 0.29) is 24.3 Å². The first-order valence-corrected chi connectivity index (χ1v) is 9.92. The van der Waals surface area contributed by atoms with Gasteiger partial charge in [-0.2, -0.15) is 0 Å². The monoisotopic (exact) mass is 387 g/mol. The van der Waals surface area contributed by atoms with E-state index in [1.165, 1.54) is 11.3 Å². The lowest BCUT2D eigenvalue weighted by Crippen LogP contribution is -2.28. The van der Waals surface area contributed by atoms with Gasteiger partial charge in [0.2, 0.25) is 11.8 Å². The van der Waals surface area contributed by atoms with Crippen LogP contribution >= 0.6 is 11.3 Å². The van der Waals surface area contributed by atoms with Gasteiger partial charge < -0.3 is 14.8 Å². The van der Waals surface area contributed by atoms with Gasteiger partial charge in [0.05, 0.1) is 18.2 Å². The van der Waals surface area contributed by atoms with E-state index in [0.29, 0.717) is 42.8 Å². The summed E-state index contributed by atoms with van der Waals surface area (Å²) in [6.45, 7) is 3.72. The summed E-state index contributed by atoms with van der Waals surface area (Å²) in [5, 5.41) is 5.51. The van der Waals surface area contributed by atoms with E-state index in [1.54, 1.807) is 4.90 Å². The molecule has 1 N–H and O–H groups in total. The van der Waals surface area contributed by atoms with Crippen LogP contribution in [0.3, 0.4) is 0 Å². The number of hydrogen-bond acceptors (Lipinski definition) is 6. The summed E-state index contributed by atoms with van der Waals surface area (Å²) in [5.74, 6) is 1.43. The number of nitrogens with one attached hydrogen (secondary N) is 1. The Balaban J connectivity index is 1.36. The Bertz CT molecular complexity index is 866. The number of carbonyl (C=O) groups is 2. The third kappa shape index (κ3) is 3.90. The van der Waals surface area contributed by atoms with Crippen LogP contribution in [0.2, 0.25) is 0 Å². The molecule has 8 heteroatoms. The highest BCUT2D eigenvalue weighted by atomic mass is 32.1. The van der Waals surface area contributed by atoms with Crippen molar-refractivity contribution in [1.82, 2.24) is 10.3 Å². The molecular weight excluding hydrogens is 366 g/mol. The maximum absolute atomic E-state index is 12.4. The standard InChI is InChI=1S/C19H21N3O4S/c1-12(13-4-5-15-16(9-13)26-8-7-25-15)20-17(23)10-14-11-27-19(21-14)22-6-2-3-18(22)24/h4-5,9,11-12H,2-3,6-8,10H2,1H3,(H,20,23)/t12-/m1/s1. The predicted molar refractivity (Wildman–Crippen MR) is 101 cm³/mol. The van der Waals surface area contributed by atoms with Gasteiger partial charge in [-0.3, -0.25) is 14.5 Å². The van der Waals surface area contributed by atoms with E-state index >= 15 is 0 Å². The number of rotatable bonds is 5. The Morgan fingerprint density at radius 1 is 1.33 bits per heavy atom. The lowest BCUT2D eigenvalue weighted by molar-refractivity contribution is -0.121. The molecule has 2 aromatic rings. The molecule has 2 amide bonds. The summed E-state index contributed by atoms with van der Waals surface area (Å²) in [7, 11) is 0. The van der Waals surface area contributed by atoms with Crippen molar-refractivity contribution in [3.63, 3.8) is 0 Å². The smallest absolute Gasteiger partial charge is 0.228 e. The number of anilines is 1. The van der Waals surface area contributed by atoms with Gasteiger partial charge >= 0.3 is 0 Å². The van der Waals surface area contributed by atoms with Crippen LogP contribution < -0.4 is 19.7 Å². The normalized spacial score (nSPS) is 17.1. The van der Waals surface area contributed by atoms with Crippen LogP contribution in [-0.4, -0.2) is 36.6 Å². The van der Waals surface area contributed by atoms with Crippen LogP contribution in [0.15, 0.2) is 23.6 Å². The Hall–Kier alpha value is -2.61. The van der Waals surface area contributed by atoms with Crippen LogP contribution in [0.4, 0.5) is 5.13 Å². The summed E-state index contributed by atoms with van der Waals surface area (Å²) in [5.41, 5.74) is 1.64. The molecule has 1 saturated heterocycles. The van der Waals surface area contributed by atoms with Crippen molar-refractivity contribution in [2.24, 2.45) is 0 Å². The molecular formula is C19H21N3O4S. The number of fused-ring (bicyclic) bond motifs is 1. The van der Waals surface area contributed by atoms with E-state index in [9.17, 15) is 9.59 Å². The number of benzene rings is 1. The number of hydrogen-bond donors (Lipinski definition) is 1. The topological polar surface area (TPSA) is 80.8 Å². The average Bonchev–Trinajstić information content (AvgIpc) is 3.29. The molecule has 0 spiro atoms. The highest BCUT2D eigenvalue weighted by Crippen LogP contribution is 2.32. The number of amides is 2. The van der Waals surface area contributed by atoms with Gasteiger partial charge in [-0.05, 0) is 31.0 Å². The maximum atomic E-state index is 12.4. The summed E-state index contributed by atoms with van der Waals surface area (Å²) >= 11 is 1.41. The first kappa shape index (κ1) is 17.8. The molecule has 4 rings (SSSR count). The van der Waals surface area contributed by atoms with Crippen molar-refractivity contribution in [2.75, 3.05) is 24.7 Å². The van der Waals surface area contributed by atoms with Crippen molar-refractivity contribution >= 4 is 28.3 Å². The minimum absolute atomic E-state index is 0.104. The summed E-state index contributed by atoms with van der Waals surface area (Å²) < 4.78 is 11.1. The van der Waals surface area contributed by atoms with E-state index < -0.39 is 0 Å². The average molecular weight is 387 g/mol. The highest BCUT2D eigenvalue weighted by Gasteiger charge is 2.24. The lowest BCUT2D eigenvalue weighted by atomic mass is 10.1. The fourth-order valence-corrected chi connectivity index (χ4v) is 4.09. The van der Waals surface area contributed by atoms with E-state index in [1.807, 2.05) is 30.5 Å². The van der Waals surface area contributed by atoms with Crippen molar-refractivity contribution in [1.29, 1.82) is 0 Å². The molecule has 0 saturated carbocycles. The molecule has 1 aromatic carbocycles. The molecule has 3 heterocycles. The zero-order valence-electron chi connectivity index (χ0n) is 15.1. The van der Waals surface area contributed by atoms with Gasteiger partial charge in [0.1, 0.15) is 13.2 Å². The Morgan fingerprint density at radius 3 is 2.93 bits per heavy atom. The first-order valence-electron chi connectivity index (χ1n) is 9.04. The predicted octanol–water partition coefficient (Wildman–Crippen LogP) is 2.46. The molecule has 1 aromatic heterocycles. The molecule has 1 fully saturated rings. The first-order chi connectivity index (χ1) is 13.1. The molecule has 0 radical (unpaired) electrons. The molecule has 7 nitrogen and oxygen atoms in total. The van der Waals surface area contributed by atoms with Crippen molar-refractivity contribution in [3.05, 3.63) is 34.8 Å². The van der Waals surface area contributed by atoms with Gasteiger partial charge in [-0.1, -0.05) is 6.07 Å². The van der Waals surface area contributed by atoms with E-state index in [4.69, 9.17) is 9.47 Å². The molecule has 0 unspecified atom stereocenters. The molecule has 142 valence electrons. The highest BCUT2D eigenvalue weighted by molar-refractivity contribution is 7.14. The molecule has 1 atom stereocenters. The summed E-state index contributed by atoms with van der Waals surface area (Å²) in [4.78, 5) is 30.3. The minimum Gasteiger partial charge on any atom is -0.486 e. The second-order valence-electron chi connectivity index (χ2n) is 6.64. The summed E-state index contributed by atoms with van der Waals surface area (Å²) in [6.07, 6.45) is 1.62. The molecule has 0 bridgehead atoms. The van der Waals surface area contributed by atoms with Crippen LogP contribution in [0.25, 0.3) is 0 Å². The summed E-state index contributed by atoms with van der Waals surface area (Å²) in [6, 6.07) is 5.54. The minimum atomic E-state index is -0.161. The Labute approximate surface area is 161 Å². The van der Waals surface area contributed by atoms with Crippen molar-refractivity contribution < 1.29 is 19.1 Å². The quantitative estimate of drug-likeness (QED) is 0.852. The van der Waals surface area contributed by atoms with E-state index in [2.05, 4.69) is 10.3 Å². The number of nitrogens with zero attached hydrogens (tertiary/aromatic N) is 2. The Morgan fingerprint density at radius 2 is 2.15 bits per heavy atom. The zero-order chi connectivity index (χ0) is 18.8. The van der Waals surface area contributed by atoms with Crippen LogP contribution in [0, 0.1) is 0 Å². The number of thiazole rings is 1. The third-order valence-corrected chi connectivity index (χ3v) is 5.54. The number of carbonyl (C=O) groups excluding carboxylic acids is 2. The Kier molecular flexibility index (Phi) is 4.98. The fourth-order valence-electron chi connectivity index (χ4n) is 3.22. The number of ether oxygens (including phenoxy) is 2. The molecule has 0 aliphatic carbocycles. The molecule has 27 heavy (non-hydrogen) atoms. The van der Waals surface area contributed by atoms with Crippen LogP contribution in [0.1, 0.15) is 37.1 Å². The van der Waals surface area contributed by atoms with Crippen molar-refractivity contribution in [2.45, 2.75) is 32.2 Å². The van der Waals surface area contributed by atoms with Gasteiger partial charge in [-0.15, -0.1) is 11.3 Å². The van der Waals surface area contributed by atoms with Gasteiger partial charge in [0.25, 0.3) is 0 Å². The van der Waals surface area contributed by atoms with Gasteiger partial charge in [0.15, 0.2) is 16.6 Å². The van der Waals surface area contributed by atoms with Crippen molar-refractivity contribution in [3.8, 4) is 11.5 Å². The van der Waals surface area contributed by atoms with Gasteiger partial charge in [0, 0.05) is 18.3 Å². The lowest BCUT2D eigenvalue weighted by Gasteiger charge is -2.21. The number of aromatic nitrogens is 1. The SMILES string of the molecule is C[C@@H](NC(=O)Cc1csc(N2CCCC2=O)n1)c1ccc2c(c1)OCCO2. The maximum Gasteiger partial charge on any atom is 0.228 e.